The first-order valence-electron chi connectivity index (χ1n) is 9.60. The highest BCUT2D eigenvalue weighted by molar-refractivity contribution is 5.76. The molecule has 0 atom stereocenters. The number of carbonyl (C=O) groups excluding carboxylic acids is 2. The van der Waals surface area contributed by atoms with Crippen molar-refractivity contribution >= 4 is 12.0 Å². The van der Waals surface area contributed by atoms with Gasteiger partial charge in [-0.05, 0) is 64.5 Å². The van der Waals surface area contributed by atoms with Crippen molar-refractivity contribution in [3.8, 4) is 0 Å². The largest absolute Gasteiger partial charge is 0.450 e. The van der Waals surface area contributed by atoms with Crippen LogP contribution in [-0.4, -0.2) is 66.7 Å². The van der Waals surface area contributed by atoms with Gasteiger partial charge in [-0.1, -0.05) is 0 Å². The topological polar surface area (TPSA) is 61.9 Å². The average molecular weight is 337 g/mol. The Morgan fingerprint density at radius 2 is 1.67 bits per heavy atom. The van der Waals surface area contributed by atoms with Crippen LogP contribution in [-0.2, 0) is 9.53 Å². The molecule has 2 heterocycles. The van der Waals surface area contributed by atoms with Crippen LogP contribution in [0, 0.1) is 5.92 Å². The van der Waals surface area contributed by atoms with E-state index in [1.807, 2.05) is 6.92 Å². The maximum Gasteiger partial charge on any atom is 0.409 e. The highest BCUT2D eigenvalue weighted by Gasteiger charge is 2.32. The Morgan fingerprint density at radius 3 is 2.25 bits per heavy atom. The van der Waals surface area contributed by atoms with E-state index in [-0.39, 0.29) is 18.0 Å². The number of rotatable bonds is 5. The Morgan fingerprint density at radius 1 is 1.00 bits per heavy atom. The Hall–Kier alpha value is -1.30. The second-order valence-electron chi connectivity index (χ2n) is 7.44. The molecule has 1 saturated carbocycles. The third kappa shape index (κ3) is 4.85. The molecule has 6 heteroatoms. The van der Waals surface area contributed by atoms with Gasteiger partial charge in [0.1, 0.15) is 0 Å². The van der Waals surface area contributed by atoms with E-state index >= 15 is 0 Å². The highest BCUT2D eigenvalue weighted by atomic mass is 16.6. The molecule has 2 saturated heterocycles. The summed E-state index contributed by atoms with van der Waals surface area (Å²) in [5.74, 6) is 0.731. The van der Waals surface area contributed by atoms with Gasteiger partial charge in [-0.2, -0.15) is 0 Å². The smallest absolute Gasteiger partial charge is 0.409 e. The molecule has 136 valence electrons. The lowest BCUT2D eigenvalue weighted by Gasteiger charge is -2.33. The predicted molar refractivity (Wildman–Crippen MR) is 91.7 cm³/mol. The van der Waals surface area contributed by atoms with E-state index in [0.29, 0.717) is 32.0 Å². The molecule has 0 radical (unpaired) electrons. The van der Waals surface area contributed by atoms with E-state index in [0.717, 1.165) is 31.7 Å². The number of amides is 2. The molecule has 0 spiro atoms. The monoisotopic (exact) mass is 337 g/mol. The van der Waals surface area contributed by atoms with Crippen LogP contribution in [0.4, 0.5) is 4.79 Å². The quantitative estimate of drug-likeness (QED) is 0.833. The first kappa shape index (κ1) is 17.5. The van der Waals surface area contributed by atoms with Gasteiger partial charge in [-0.15, -0.1) is 0 Å². The summed E-state index contributed by atoms with van der Waals surface area (Å²) in [6.07, 6.45) is 7.14. The zero-order valence-corrected chi connectivity index (χ0v) is 14.8. The van der Waals surface area contributed by atoms with Gasteiger partial charge in [0.25, 0.3) is 0 Å². The van der Waals surface area contributed by atoms with Crippen molar-refractivity contribution in [2.24, 2.45) is 5.92 Å². The summed E-state index contributed by atoms with van der Waals surface area (Å²) in [6.45, 7) is 5.91. The Bertz CT molecular complexity index is 437. The van der Waals surface area contributed by atoms with Crippen molar-refractivity contribution in [2.45, 2.75) is 64.0 Å². The molecular weight excluding hydrogens is 306 g/mol. The number of nitrogens with one attached hydrogen (secondary N) is 1. The summed E-state index contributed by atoms with van der Waals surface area (Å²) in [7, 11) is 0. The van der Waals surface area contributed by atoms with Gasteiger partial charge in [0.05, 0.1) is 6.61 Å². The first-order chi connectivity index (χ1) is 11.7. The number of hydrogen-bond donors (Lipinski definition) is 1. The Balaban J connectivity index is 1.32. The van der Waals surface area contributed by atoms with Crippen molar-refractivity contribution in [1.82, 2.24) is 15.1 Å². The average Bonchev–Trinajstić information content (AvgIpc) is 3.41. The minimum atomic E-state index is -0.232. The van der Waals surface area contributed by atoms with Gasteiger partial charge in [0.15, 0.2) is 0 Å². The molecule has 0 aromatic carbocycles. The van der Waals surface area contributed by atoms with Crippen LogP contribution in [0.25, 0.3) is 0 Å². The molecule has 0 aromatic heterocycles. The summed E-state index contributed by atoms with van der Waals surface area (Å²) in [6, 6.07) is 1.05. The van der Waals surface area contributed by atoms with Gasteiger partial charge in [-0.25, -0.2) is 4.79 Å². The third-order valence-corrected chi connectivity index (χ3v) is 5.57. The standard InChI is InChI=1S/C18H31N3O3/c1-2-24-18(23)21-11-7-15(8-12-21)19-17(22)13-14-5-9-20(10-6-14)16-3-4-16/h14-16H,2-13H2,1H3,(H,19,22). The molecule has 2 amide bonds. The van der Waals surface area contributed by atoms with Crippen LogP contribution in [0.15, 0.2) is 0 Å². The van der Waals surface area contributed by atoms with Crippen molar-refractivity contribution in [3.05, 3.63) is 0 Å². The lowest BCUT2D eigenvalue weighted by molar-refractivity contribution is -0.123. The van der Waals surface area contributed by atoms with Crippen LogP contribution < -0.4 is 5.32 Å². The summed E-state index contributed by atoms with van der Waals surface area (Å²) >= 11 is 0. The van der Waals surface area contributed by atoms with E-state index in [1.165, 1.54) is 25.9 Å². The van der Waals surface area contributed by atoms with Crippen molar-refractivity contribution in [2.75, 3.05) is 32.8 Å². The number of likely N-dealkylation sites (tertiary alicyclic amines) is 2. The lowest BCUT2D eigenvalue weighted by atomic mass is 9.92. The van der Waals surface area contributed by atoms with Gasteiger partial charge in [0.2, 0.25) is 5.91 Å². The van der Waals surface area contributed by atoms with Gasteiger partial charge in [0, 0.05) is 31.6 Å². The number of hydrogen-bond acceptors (Lipinski definition) is 4. The fourth-order valence-corrected chi connectivity index (χ4v) is 3.93. The van der Waals surface area contributed by atoms with Crippen LogP contribution in [0.5, 0.6) is 0 Å². The molecule has 3 aliphatic rings. The molecule has 6 nitrogen and oxygen atoms in total. The molecule has 3 rings (SSSR count). The minimum absolute atomic E-state index is 0.189. The number of ether oxygens (including phenoxy) is 1. The maximum atomic E-state index is 12.3. The SMILES string of the molecule is CCOC(=O)N1CCC(NC(=O)CC2CCN(C3CC3)CC2)CC1. The lowest BCUT2D eigenvalue weighted by Crippen LogP contribution is -2.47. The third-order valence-electron chi connectivity index (χ3n) is 5.57. The number of piperidine rings is 2. The molecule has 0 unspecified atom stereocenters. The minimum Gasteiger partial charge on any atom is -0.450 e. The molecular formula is C18H31N3O3. The van der Waals surface area contributed by atoms with Gasteiger partial charge < -0.3 is 19.9 Å². The van der Waals surface area contributed by atoms with Crippen LogP contribution in [0.1, 0.15) is 51.9 Å². The van der Waals surface area contributed by atoms with Crippen molar-refractivity contribution in [1.29, 1.82) is 0 Å². The Kier molecular flexibility index (Phi) is 5.98. The highest BCUT2D eigenvalue weighted by Crippen LogP contribution is 2.31. The van der Waals surface area contributed by atoms with Crippen LogP contribution in [0.2, 0.25) is 0 Å². The molecule has 1 N–H and O–H groups in total. The summed E-state index contributed by atoms with van der Waals surface area (Å²) in [5.41, 5.74) is 0. The van der Waals surface area contributed by atoms with E-state index in [4.69, 9.17) is 4.74 Å². The molecule has 0 bridgehead atoms. The second-order valence-corrected chi connectivity index (χ2v) is 7.44. The van der Waals surface area contributed by atoms with Crippen molar-refractivity contribution in [3.63, 3.8) is 0 Å². The zero-order valence-electron chi connectivity index (χ0n) is 14.8. The molecule has 2 aliphatic heterocycles. The van der Waals surface area contributed by atoms with E-state index in [9.17, 15) is 9.59 Å². The number of nitrogens with zero attached hydrogens (tertiary/aromatic N) is 2. The molecule has 3 fully saturated rings. The summed E-state index contributed by atoms with van der Waals surface area (Å²) in [4.78, 5) is 28.3. The zero-order chi connectivity index (χ0) is 16.9. The van der Waals surface area contributed by atoms with E-state index < -0.39 is 0 Å². The predicted octanol–water partition coefficient (Wildman–Crippen LogP) is 1.99. The molecule has 1 aliphatic carbocycles. The van der Waals surface area contributed by atoms with Crippen LogP contribution in [0.3, 0.4) is 0 Å². The fraction of sp³-hybridized carbons (Fsp3) is 0.889. The second kappa shape index (κ2) is 8.19. The fourth-order valence-electron chi connectivity index (χ4n) is 3.93. The Labute approximate surface area is 144 Å². The first-order valence-corrected chi connectivity index (χ1v) is 9.60. The van der Waals surface area contributed by atoms with Gasteiger partial charge >= 0.3 is 6.09 Å². The molecule has 24 heavy (non-hydrogen) atoms. The summed E-state index contributed by atoms with van der Waals surface area (Å²) < 4.78 is 5.02. The summed E-state index contributed by atoms with van der Waals surface area (Å²) in [5, 5.41) is 3.17. The normalized spacial score (nSPS) is 24.0. The molecule has 0 aromatic rings. The van der Waals surface area contributed by atoms with Crippen molar-refractivity contribution < 1.29 is 14.3 Å². The van der Waals surface area contributed by atoms with Gasteiger partial charge in [-0.3, -0.25) is 4.79 Å². The maximum absolute atomic E-state index is 12.3. The van der Waals surface area contributed by atoms with E-state index in [2.05, 4.69) is 10.2 Å². The van der Waals surface area contributed by atoms with E-state index in [1.54, 1.807) is 4.90 Å². The number of carbonyl (C=O) groups is 2. The van der Waals surface area contributed by atoms with Crippen LogP contribution >= 0.6 is 0 Å².